The first-order valence-electron chi connectivity index (χ1n) is 8.27. The molecule has 2 heterocycles. The van der Waals surface area contributed by atoms with Gasteiger partial charge in [0.1, 0.15) is 11.1 Å². The number of hydrogen-bond donors (Lipinski definition) is 1. The average molecular weight is 361 g/mol. The highest BCUT2D eigenvalue weighted by Crippen LogP contribution is 2.26. The molecule has 7 heteroatoms. The molecule has 4 aromatic rings. The lowest BCUT2D eigenvalue weighted by Gasteiger charge is -2.05. The van der Waals surface area contributed by atoms with Gasteiger partial charge in [-0.2, -0.15) is 0 Å². The van der Waals surface area contributed by atoms with E-state index in [1.165, 1.54) is 6.07 Å². The van der Waals surface area contributed by atoms with E-state index >= 15 is 0 Å². The van der Waals surface area contributed by atoms with Crippen molar-refractivity contribution in [3.8, 4) is 11.3 Å². The van der Waals surface area contributed by atoms with Crippen LogP contribution in [0.4, 0.5) is 5.82 Å². The summed E-state index contributed by atoms with van der Waals surface area (Å²) < 4.78 is 9.99. The van der Waals surface area contributed by atoms with Crippen LogP contribution in [0.5, 0.6) is 0 Å². The van der Waals surface area contributed by atoms with Crippen molar-refractivity contribution in [2.45, 2.75) is 13.8 Å². The molecule has 0 saturated carbocycles. The number of aromatic nitrogens is 2. The quantitative estimate of drug-likeness (QED) is 0.559. The summed E-state index contributed by atoms with van der Waals surface area (Å²) in [6.07, 6.45) is 0. The van der Waals surface area contributed by atoms with E-state index in [0.717, 1.165) is 16.7 Å². The molecule has 0 atom stereocenters. The third-order valence-corrected chi connectivity index (χ3v) is 4.39. The van der Waals surface area contributed by atoms with Crippen LogP contribution in [-0.2, 0) is 0 Å². The van der Waals surface area contributed by atoms with Crippen molar-refractivity contribution in [2.75, 3.05) is 5.32 Å². The summed E-state index contributed by atoms with van der Waals surface area (Å²) in [6, 6.07) is 14.2. The van der Waals surface area contributed by atoms with Crippen molar-refractivity contribution in [1.82, 2.24) is 10.3 Å². The lowest BCUT2D eigenvalue weighted by Crippen LogP contribution is -2.21. The number of nitrogens with zero attached hydrogens (tertiary/aromatic N) is 2. The van der Waals surface area contributed by atoms with Crippen LogP contribution in [0.3, 0.4) is 0 Å². The van der Waals surface area contributed by atoms with E-state index in [9.17, 15) is 9.59 Å². The molecule has 0 radical (unpaired) electrons. The molecule has 2 aromatic carbocycles. The first kappa shape index (κ1) is 16.7. The molecular weight excluding hydrogens is 346 g/mol. The largest absolute Gasteiger partial charge is 0.422 e. The van der Waals surface area contributed by atoms with Gasteiger partial charge >= 0.3 is 5.63 Å². The van der Waals surface area contributed by atoms with E-state index in [2.05, 4.69) is 15.6 Å². The topological polar surface area (TPSA) is 98.2 Å². The standard InChI is InChI=1S/C20H15N3O4/c1-11-7-8-14(9-12(11)2)17-18(23-27-22-17)21-19(24)15-10-13-5-3-4-6-16(13)26-20(15)25/h3-10H,1-2H3,(H,21,23,24). The second-order valence-electron chi connectivity index (χ2n) is 6.20. The molecule has 4 rings (SSSR count). The van der Waals surface area contributed by atoms with Gasteiger partial charge < -0.3 is 9.73 Å². The van der Waals surface area contributed by atoms with Crippen LogP contribution in [0, 0.1) is 13.8 Å². The Morgan fingerprint density at radius 1 is 1.00 bits per heavy atom. The zero-order valence-electron chi connectivity index (χ0n) is 14.6. The maximum atomic E-state index is 12.6. The third kappa shape index (κ3) is 3.10. The van der Waals surface area contributed by atoms with Gasteiger partial charge in [-0.1, -0.05) is 30.3 Å². The summed E-state index contributed by atoms with van der Waals surface area (Å²) in [6.45, 7) is 3.98. The van der Waals surface area contributed by atoms with Gasteiger partial charge in [-0.05, 0) is 53.5 Å². The van der Waals surface area contributed by atoms with Gasteiger partial charge in [-0.25, -0.2) is 9.42 Å². The predicted octanol–water partition coefficient (Wildman–Crippen LogP) is 3.71. The van der Waals surface area contributed by atoms with Crippen LogP contribution in [0.2, 0.25) is 0 Å². The number of nitrogens with one attached hydrogen (secondary N) is 1. The summed E-state index contributed by atoms with van der Waals surface area (Å²) in [5.74, 6) is -0.508. The first-order valence-corrected chi connectivity index (χ1v) is 8.27. The van der Waals surface area contributed by atoms with Crippen LogP contribution in [-0.4, -0.2) is 16.2 Å². The highest BCUT2D eigenvalue weighted by atomic mass is 16.6. The average Bonchev–Trinajstić information content (AvgIpc) is 3.11. The molecule has 2 aromatic heterocycles. The molecule has 0 saturated heterocycles. The lowest BCUT2D eigenvalue weighted by molar-refractivity contribution is 0.102. The smallest absolute Gasteiger partial charge is 0.349 e. The second kappa shape index (κ2) is 6.53. The van der Waals surface area contributed by atoms with Gasteiger partial charge in [0, 0.05) is 10.9 Å². The molecular formula is C20H15N3O4. The number of para-hydroxylation sites is 1. The molecule has 0 fully saturated rings. The van der Waals surface area contributed by atoms with Gasteiger partial charge in [0.25, 0.3) is 5.91 Å². The van der Waals surface area contributed by atoms with E-state index in [4.69, 9.17) is 9.05 Å². The molecule has 27 heavy (non-hydrogen) atoms. The molecule has 1 N–H and O–H groups in total. The van der Waals surface area contributed by atoms with Crippen LogP contribution in [0.25, 0.3) is 22.2 Å². The van der Waals surface area contributed by atoms with Crippen LogP contribution in [0.15, 0.2) is 62.4 Å². The van der Waals surface area contributed by atoms with Crippen LogP contribution in [0.1, 0.15) is 21.5 Å². The first-order chi connectivity index (χ1) is 13.0. The summed E-state index contributed by atoms with van der Waals surface area (Å²) in [4.78, 5) is 24.8. The van der Waals surface area contributed by atoms with Gasteiger partial charge in [-0.15, -0.1) is 0 Å². The number of fused-ring (bicyclic) bond motifs is 1. The van der Waals surface area contributed by atoms with Crippen molar-refractivity contribution in [2.24, 2.45) is 0 Å². The van der Waals surface area contributed by atoms with Crippen molar-refractivity contribution in [3.63, 3.8) is 0 Å². The Hall–Kier alpha value is -3.74. The SMILES string of the molecule is Cc1ccc(-c2nonc2NC(=O)c2cc3ccccc3oc2=O)cc1C. The molecule has 134 valence electrons. The third-order valence-electron chi connectivity index (χ3n) is 4.39. The number of carbonyl (C=O) groups excluding carboxylic acids is 1. The minimum absolute atomic E-state index is 0.122. The van der Waals surface area contributed by atoms with Gasteiger partial charge in [0.15, 0.2) is 5.69 Å². The summed E-state index contributed by atoms with van der Waals surface area (Å²) in [5.41, 5.74) is 2.91. The van der Waals surface area contributed by atoms with Gasteiger partial charge in [0.05, 0.1) is 0 Å². The Bertz CT molecular complexity index is 1220. The number of aryl methyl sites for hydroxylation is 2. The molecule has 0 aliphatic carbocycles. The highest BCUT2D eigenvalue weighted by Gasteiger charge is 2.19. The predicted molar refractivity (Wildman–Crippen MR) is 99.6 cm³/mol. The Morgan fingerprint density at radius 2 is 1.81 bits per heavy atom. The maximum Gasteiger partial charge on any atom is 0.349 e. The van der Waals surface area contributed by atoms with E-state index in [1.807, 2.05) is 32.0 Å². The summed E-state index contributed by atoms with van der Waals surface area (Å²) >= 11 is 0. The molecule has 0 spiro atoms. The number of carbonyl (C=O) groups is 1. The zero-order valence-corrected chi connectivity index (χ0v) is 14.6. The van der Waals surface area contributed by atoms with E-state index < -0.39 is 11.5 Å². The Balaban J connectivity index is 1.68. The second-order valence-corrected chi connectivity index (χ2v) is 6.20. The maximum absolute atomic E-state index is 12.6. The fraction of sp³-hybridized carbons (Fsp3) is 0.100. The van der Waals surface area contributed by atoms with E-state index in [-0.39, 0.29) is 11.4 Å². The van der Waals surface area contributed by atoms with Gasteiger partial charge in [0.2, 0.25) is 5.82 Å². The Morgan fingerprint density at radius 3 is 2.63 bits per heavy atom. The lowest BCUT2D eigenvalue weighted by atomic mass is 10.0. The van der Waals surface area contributed by atoms with Crippen molar-refractivity contribution < 1.29 is 13.8 Å². The highest BCUT2D eigenvalue weighted by molar-refractivity contribution is 6.06. The number of benzene rings is 2. The molecule has 7 nitrogen and oxygen atoms in total. The molecule has 1 amide bonds. The van der Waals surface area contributed by atoms with Crippen molar-refractivity contribution in [1.29, 1.82) is 0 Å². The Labute approximate surface area is 153 Å². The summed E-state index contributed by atoms with van der Waals surface area (Å²) in [7, 11) is 0. The number of rotatable bonds is 3. The molecule has 0 aliphatic heterocycles. The molecule has 0 unspecified atom stereocenters. The molecule has 0 aliphatic rings. The fourth-order valence-electron chi connectivity index (χ4n) is 2.74. The fourth-order valence-corrected chi connectivity index (χ4v) is 2.74. The van der Waals surface area contributed by atoms with E-state index in [0.29, 0.717) is 16.7 Å². The van der Waals surface area contributed by atoms with Crippen molar-refractivity contribution in [3.05, 3.63) is 75.6 Å². The zero-order chi connectivity index (χ0) is 19.0. The van der Waals surface area contributed by atoms with Crippen molar-refractivity contribution >= 4 is 22.7 Å². The van der Waals surface area contributed by atoms with Crippen LogP contribution < -0.4 is 10.9 Å². The Kier molecular flexibility index (Phi) is 4.04. The molecule has 0 bridgehead atoms. The monoisotopic (exact) mass is 361 g/mol. The van der Waals surface area contributed by atoms with E-state index in [1.54, 1.807) is 24.3 Å². The number of anilines is 1. The minimum atomic E-state index is -0.726. The van der Waals surface area contributed by atoms with Gasteiger partial charge in [-0.3, -0.25) is 4.79 Å². The summed E-state index contributed by atoms with van der Waals surface area (Å²) in [5, 5.41) is 10.9. The minimum Gasteiger partial charge on any atom is -0.422 e. The number of amides is 1. The normalized spacial score (nSPS) is 10.9. The number of hydrogen-bond acceptors (Lipinski definition) is 6. The van der Waals surface area contributed by atoms with Crippen LogP contribution >= 0.6 is 0 Å².